The molecule has 2 heterocycles. The van der Waals surface area contributed by atoms with Crippen LogP contribution < -0.4 is 0 Å². The van der Waals surface area contributed by atoms with E-state index in [9.17, 15) is 4.79 Å². The van der Waals surface area contributed by atoms with Crippen LogP contribution in [0.15, 0.2) is 36.4 Å². The molecule has 0 fully saturated rings. The first-order valence-electron chi connectivity index (χ1n) is 13.5. The van der Waals surface area contributed by atoms with Crippen molar-refractivity contribution in [2.24, 2.45) is 5.92 Å². The Kier molecular flexibility index (Phi) is 9.19. The van der Waals surface area contributed by atoms with E-state index in [4.69, 9.17) is 0 Å². The minimum absolute atomic E-state index is 0.305. The van der Waals surface area contributed by atoms with Gasteiger partial charge in [-0.3, -0.25) is 4.79 Å². The van der Waals surface area contributed by atoms with Gasteiger partial charge in [0.2, 0.25) is 0 Å². The molecular formula is C31H40OS2. The van der Waals surface area contributed by atoms with Crippen molar-refractivity contribution in [3.05, 3.63) is 47.5 Å². The summed E-state index contributed by atoms with van der Waals surface area (Å²) in [5.41, 5.74) is 2.35. The number of fused-ring (bicyclic) bond motifs is 5. The minimum Gasteiger partial charge on any atom is -0.294 e. The van der Waals surface area contributed by atoms with Gasteiger partial charge in [-0.25, -0.2) is 0 Å². The van der Waals surface area contributed by atoms with Gasteiger partial charge in [-0.05, 0) is 42.9 Å². The molecule has 0 aliphatic heterocycles. The minimum atomic E-state index is 0.305. The Balaban J connectivity index is 1.42. The Bertz CT molecular complexity index is 1230. The van der Waals surface area contributed by atoms with Crippen molar-refractivity contribution in [2.75, 3.05) is 0 Å². The van der Waals surface area contributed by atoms with Gasteiger partial charge in [-0.2, -0.15) is 0 Å². The number of hydrogen-bond donors (Lipinski definition) is 0. The first kappa shape index (κ1) is 25.4. The van der Waals surface area contributed by atoms with Crippen LogP contribution >= 0.6 is 22.7 Å². The van der Waals surface area contributed by atoms with E-state index < -0.39 is 0 Å². The fourth-order valence-electron chi connectivity index (χ4n) is 4.88. The van der Waals surface area contributed by atoms with Gasteiger partial charge in [0.05, 0.1) is 9.40 Å². The summed E-state index contributed by atoms with van der Waals surface area (Å²) in [5.74, 6) is 1.13. The molecule has 0 bridgehead atoms. The molecule has 0 radical (unpaired) electrons. The number of thiophene rings is 2. The lowest BCUT2D eigenvalue weighted by molar-refractivity contribution is 0.0979. The molecule has 34 heavy (non-hydrogen) atoms. The molecule has 0 N–H and O–H groups in total. The summed E-state index contributed by atoms with van der Waals surface area (Å²) in [7, 11) is 0. The number of benzene rings is 2. The maximum atomic E-state index is 12.8. The number of carbonyl (C=O) groups excluding carboxylic acids is 1. The van der Waals surface area contributed by atoms with Crippen molar-refractivity contribution in [1.82, 2.24) is 0 Å². The molecule has 2 aromatic heterocycles. The van der Waals surface area contributed by atoms with E-state index in [1.54, 1.807) is 0 Å². The van der Waals surface area contributed by atoms with Crippen molar-refractivity contribution < 1.29 is 4.79 Å². The molecule has 0 aliphatic carbocycles. The van der Waals surface area contributed by atoms with Crippen LogP contribution in [0.4, 0.5) is 0 Å². The van der Waals surface area contributed by atoms with Crippen LogP contribution in [0.1, 0.15) is 107 Å². The molecule has 4 rings (SSSR count). The topological polar surface area (TPSA) is 17.1 Å². The highest BCUT2D eigenvalue weighted by atomic mass is 32.1. The standard InChI is InChI=1S/C31H40OS2/c1-4-6-7-8-9-10-11-15-27(32)24-17-19-26-29(21-24)34-30-25-18-16-23(14-12-13-22(3)5-2)20-28(25)33-31(26)30/h16-22H,4-15H2,1-3H3/t22-/m0/s1. The van der Waals surface area contributed by atoms with E-state index in [1.165, 1.54) is 99.3 Å². The zero-order valence-corrected chi connectivity index (χ0v) is 22.9. The van der Waals surface area contributed by atoms with E-state index in [-0.39, 0.29) is 0 Å². The SMILES string of the molecule is CCCCCCCCCC(=O)c1ccc2c(c1)sc1c3ccc(CCC[C@@H](C)CC)cc3sc21. The van der Waals surface area contributed by atoms with Crippen molar-refractivity contribution in [3.63, 3.8) is 0 Å². The predicted octanol–water partition coefficient (Wildman–Crippen LogP) is 11.0. The lowest BCUT2D eigenvalue weighted by Crippen LogP contribution is -1.98. The number of unbranched alkanes of at least 4 members (excludes halogenated alkanes) is 6. The van der Waals surface area contributed by atoms with Gasteiger partial charge >= 0.3 is 0 Å². The van der Waals surface area contributed by atoms with Crippen LogP contribution in [0.25, 0.3) is 29.6 Å². The normalized spacial score (nSPS) is 12.8. The van der Waals surface area contributed by atoms with E-state index >= 15 is 0 Å². The summed E-state index contributed by atoms with van der Waals surface area (Å²) < 4.78 is 5.44. The van der Waals surface area contributed by atoms with E-state index in [1.807, 2.05) is 22.7 Å². The highest BCUT2D eigenvalue weighted by Crippen LogP contribution is 2.44. The largest absolute Gasteiger partial charge is 0.294 e. The zero-order valence-electron chi connectivity index (χ0n) is 21.3. The van der Waals surface area contributed by atoms with E-state index in [2.05, 4.69) is 57.2 Å². The average molecular weight is 493 g/mol. The Labute approximate surface area is 213 Å². The van der Waals surface area contributed by atoms with E-state index in [0.717, 1.165) is 17.9 Å². The lowest BCUT2D eigenvalue weighted by atomic mass is 9.99. The molecule has 3 heteroatoms. The zero-order chi connectivity index (χ0) is 23.9. The van der Waals surface area contributed by atoms with Crippen LogP contribution in [-0.2, 0) is 6.42 Å². The predicted molar refractivity (Wildman–Crippen MR) is 154 cm³/mol. The third-order valence-corrected chi connectivity index (χ3v) is 9.84. The number of ketones is 1. The molecule has 0 spiro atoms. The van der Waals surface area contributed by atoms with Gasteiger partial charge in [0.25, 0.3) is 0 Å². The van der Waals surface area contributed by atoms with E-state index in [0.29, 0.717) is 12.2 Å². The lowest BCUT2D eigenvalue weighted by Gasteiger charge is -2.07. The summed E-state index contributed by atoms with van der Waals surface area (Å²) in [6, 6.07) is 13.5. The average Bonchev–Trinajstić information content (AvgIpc) is 3.38. The van der Waals surface area contributed by atoms with Crippen LogP contribution in [0.5, 0.6) is 0 Å². The Morgan fingerprint density at radius 2 is 1.44 bits per heavy atom. The highest BCUT2D eigenvalue weighted by Gasteiger charge is 2.15. The van der Waals surface area contributed by atoms with Gasteiger partial charge in [0.1, 0.15) is 0 Å². The van der Waals surface area contributed by atoms with Crippen molar-refractivity contribution >= 4 is 58.0 Å². The molecule has 0 unspecified atom stereocenters. The molecule has 182 valence electrons. The maximum Gasteiger partial charge on any atom is 0.162 e. The number of aryl methyl sites for hydroxylation is 1. The third-order valence-electron chi connectivity index (χ3n) is 7.34. The number of Topliss-reactive ketones (excluding diaryl/α,β-unsaturated/α-hetero) is 1. The molecule has 0 saturated carbocycles. The molecule has 1 nitrogen and oxygen atoms in total. The second-order valence-electron chi connectivity index (χ2n) is 10.1. The quantitative estimate of drug-likeness (QED) is 0.126. The number of rotatable bonds is 14. The molecule has 0 saturated heterocycles. The number of carbonyl (C=O) groups is 1. The van der Waals surface area contributed by atoms with Crippen molar-refractivity contribution in [1.29, 1.82) is 0 Å². The van der Waals surface area contributed by atoms with Crippen LogP contribution in [-0.4, -0.2) is 5.78 Å². The molecule has 2 aromatic carbocycles. The van der Waals surface area contributed by atoms with Gasteiger partial charge < -0.3 is 0 Å². The monoisotopic (exact) mass is 492 g/mol. The summed E-state index contributed by atoms with van der Waals surface area (Å²) in [6.07, 6.45) is 14.5. The molecule has 0 amide bonds. The molecule has 0 aliphatic rings. The first-order valence-corrected chi connectivity index (χ1v) is 15.1. The highest BCUT2D eigenvalue weighted by molar-refractivity contribution is 7.36. The molecule has 1 atom stereocenters. The summed E-state index contributed by atoms with van der Waals surface area (Å²) in [6.45, 7) is 6.90. The Hall–Kier alpha value is -1.71. The Morgan fingerprint density at radius 1 is 0.794 bits per heavy atom. The van der Waals surface area contributed by atoms with Crippen LogP contribution in [0.3, 0.4) is 0 Å². The Morgan fingerprint density at radius 3 is 2.15 bits per heavy atom. The van der Waals surface area contributed by atoms with Gasteiger partial charge in [-0.1, -0.05) is 96.4 Å². The second kappa shape index (κ2) is 12.3. The van der Waals surface area contributed by atoms with Gasteiger partial charge in [0.15, 0.2) is 5.78 Å². The summed E-state index contributed by atoms with van der Waals surface area (Å²) in [4.78, 5) is 12.8. The molecule has 4 aromatic rings. The van der Waals surface area contributed by atoms with Crippen molar-refractivity contribution in [2.45, 2.75) is 97.8 Å². The first-order chi connectivity index (χ1) is 16.6. The second-order valence-corrected chi connectivity index (χ2v) is 12.2. The maximum absolute atomic E-state index is 12.8. The fraction of sp³-hybridized carbons (Fsp3) is 0.516. The fourth-order valence-corrected chi connectivity index (χ4v) is 7.63. The number of hydrogen-bond acceptors (Lipinski definition) is 3. The van der Waals surface area contributed by atoms with Crippen LogP contribution in [0, 0.1) is 5.92 Å². The summed E-state index contributed by atoms with van der Waals surface area (Å²) >= 11 is 3.78. The van der Waals surface area contributed by atoms with Gasteiger partial charge in [0, 0.05) is 32.2 Å². The third kappa shape index (κ3) is 6.10. The van der Waals surface area contributed by atoms with Gasteiger partial charge in [-0.15, -0.1) is 22.7 Å². The van der Waals surface area contributed by atoms with Crippen molar-refractivity contribution in [3.8, 4) is 0 Å². The van der Waals surface area contributed by atoms with Crippen LogP contribution in [0.2, 0.25) is 0 Å². The summed E-state index contributed by atoms with van der Waals surface area (Å²) in [5, 5.41) is 2.69. The smallest absolute Gasteiger partial charge is 0.162 e. The molecular weight excluding hydrogens is 452 g/mol.